The Balaban J connectivity index is 4.43. The van der Waals surface area contributed by atoms with Crippen LogP contribution < -0.4 is 0 Å². The molecular weight excluding hydrogens is 224 g/mol. The van der Waals surface area contributed by atoms with E-state index < -0.39 is 11.4 Å². The first-order chi connectivity index (χ1) is 7.58. The molecule has 0 unspecified atom stereocenters. The van der Waals surface area contributed by atoms with Gasteiger partial charge >= 0.3 is 5.97 Å². The Morgan fingerprint density at radius 3 is 1.88 bits per heavy atom. The molecule has 0 heterocycles. The van der Waals surface area contributed by atoms with Gasteiger partial charge in [0, 0.05) is 27.6 Å². The van der Waals surface area contributed by atoms with E-state index in [1.165, 1.54) is 30.7 Å². The Morgan fingerprint density at radius 1 is 1.06 bits per heavy atom. The van der Waals surface area contributed by atoms with Crippen molar-refractivity contribution in [2.24, 2.45) is 5.41 Å². The van der Waals surface area contributed by atoms with E-state index >= 15 is 0 Å². The number of carbonyl (C=O) groups is 3. The number of amides is 2. The molecule has 0 aromatic carbocycles. The normalized spacial score (nSPS) is 10.9. The highest BCUT2D eigenvalue weighted by molar-refractivity contribution is 5.87. The Bertz CT molecular complexity index is 323. The molecule has 0 aromatic heterocycles. The molecule has 1 N–H and O–H groups in total. The van der Waals surface area contributed by atoms with Crippen LogP contribution in [-0.4, -0.2) is 60.4 Å². The molecule has 6 nitrogen and oxygen atoms in total. The number of hydrogen-bond donors (Lipinski definition) is 1. The van der Waals surface area contributed by atoms with Crippen LogP contribution in [0.1, 0.15) is 20.3 Å². The van der Waals surface area contributed by atoms with Crippen molar-refractivity contribution in [3.63, 3.8) is 0 Å². The molecule has 0 radical (unpaired) electrons. The second kappa shape index (κ2) is 5.65. The van der Waals surface area contributed by atoms with Crippen LogP contribution in [0.15, 0.2) is 0 Å². The predicted molar refractivity (Wildman–Crippen MR) is 62.4 cm³/mol. The van der Waals surface area contributed by atoms with Crippen LogP contribution in [0.2, 0.25) is 0 Å². The summed E-state index contributed by atoms with van der Waals surface area (Å²) in [4.78, 5) is 36.6. The van der Waals surface area contributed by atoms with Gasteiger partial charge in [0.1, 0.15) is 0 Å². The van der Waals surface area contributed by atoms with Crippen molar-refractivity contribution in [3.8, 4) is 0 Å². The highest BCUT2D eigenvalue weighted by Crippen LogP contribution is 2.21. The molecule has 0 atom stereocenters. The van der Waals surface area contributed by atoms with E-state index in [9.17, 15) is 14.4 Å². The maximum Gasteiger partial charge on any atom is 0.309 e. The third kappa shape index (κ3) is 4.84. The zero-order valence-electron chi connectivity index (χ0n) is 11.0. The van der Waals surface area contributed by atoms with Crippen molar-refractivity contribution >= 4 is 17.8 Å². The van der Waals surface area contributed by atoms with Crippen LogP contribution >= 0.6 is 0 Å². The molecule has 0 saturated carbocycles. The van der Waals surface area contributed by atoms with Crippen LogP contribution in [-0.2, 0) is 14.4 Å². The number of nitrogens with zero attached hydrogens (tertiary/aromatic N) is 2. The van der Waals surface area contributed by atoms with Gasteiger partial charge in [-0.25, -0.2) is 0 Å². The van der Waals surface area contributed by atoms with Gasteiger partial charge in [-0.2, -0.15) is 0 Å². The molecule has 0 aliphatic rings. The summed E-state index contributed by atoms with van der Waals surface area (Å²) in [7, 11) is 4.69. The van der Waals surface area contributed by atoms with Gasteiger partial charge in [0.15, 0.2) is 0 Å². The predicted octanol–water partition coefficient (Wildman–Crippen LogP) is 0.0339. The first kappa shape index (κ1) is 15.4. The summed E-state index contributed by atoms with van der Waals surface area (Å²) >= 11 is 0. The fourth-order valence-corrected chi connectivity index (χ4v) is 1.02. The molecule has 0 rings (SSSR count). The van der Waals surface area contributed by atoms with Crippen molar-refractivity contribution in [3.05, 3.63) is 0 Å². The summed E-state index contributed by atoms with van der Waals surface area (Å²) in [6.45, 7) is 2.92. The Morgan fingerprint density at radius 2 is 1.53 bits per heavy atom. The van der Waals surface area contributed by atoms with Crippen molar-refractivity contribution < 1.29 is 19.5 Å². The van der Waals surface area contributed by atoms with Gasteiger partial charge in [0.25, 0.3) is 0 Å². The highest BCUT2D eigenvalue weighted by atomic mass is 16.4. The Kier molecular flexibility index (Phi) is 5.12. The minimum Gasteiger partial charge on any atom is -0.481 e. The third-order valence-corrected chi connectivity index (χ3v) is 2.47. The standard InChI is InChI=1S/C11H20N2O4/c1-11(2,10(16)17)6-8(14)13(5)7-9(15)12(3)4/h6-7H2,1-5H3,(H,16,17). The number of likely N-dealkylation sites (N-methyl/N-ethyl adjacent to an activating group) is 2. The van der Waals surface area contributed by atoms with Gasteiger partial charge in [-0.3, -0.25) is 14.4 Å². The lowest BCUT2D eigenvalue weighted by atomic mass is 9.89. The molecule has 0 spiro atoms. The molecular formula is C11H20N2O4. The molecule has 6 heteroatoms. The second-order valence-corrected chi connectivity index (χ2v) is 4.90. The minimum atomic E-state index is -1.12. The molecule has 0 aromatic rings. The van der Waals surface area contributed by atoms with E-state index in [0.29, 0.717) is 0 Å². The first-order valence-electron chi connectivity index (χ1n) is 5.25. The first-order valence-corrected chi connectivity index (χ1v) is 5.25. The summed E-state index contributed by atoms with van der Waals surface area (Å²) in [5, 5.41) is 8.90. The Hall–Kier alpha value is -1.59. The van der Waals surface area contributed by atoms with Crippen molar-refractivity contribution in [1.29, 1.82) is 0 Å². The number of carboxylic acids is 1. The summed E-state index contributed by atoms with van der Waals surface area (Å²) < 4.78 is 0. The van der Waals surface area contributed by atoms with Crippen LogP contribution in [0.4, 0.5) is 0 Å². The van der Waals surface area contributed by atoms with E-state index in [1.54, 1.807) is 14.1 Å². The summed E-state index contributed by atoms with van der Waals surface area (Å²) in [5.74, 6) is -1.58. The van der Waals surface area contributed by atoms with Crippen LogP contribution in [0.25, 0.3) is 0 Å². The largest absolute Gasteiger partial charge is 0.481 e. The number of carboxylic acid groups (broad SMARTS) is 1. The average molecular weight is 244 g/mol. The van der Waals surface area contributed by atoms with E-state index in [1.807, 2.05) is 0 Å². The Labute approximate surface area is 101 Å². The summed E-state index contributed by atoms with van der Waals surface area (Å²) in [5.41, 5.74) is -1.12. The maximum absolute atomic E-state index is 11.7. The quantitative estimate of drug-likeness (QED) is 0.740. The van der Waals surface area contributed by atoms with Gasteiger partial charge in [-0.05, 0) is 13.8 Å². The van der Waals surface area contributed by atoms with Gasteiger partial charge < -0.3 is 14.9 Å². The summed E-state index contributed by atoms with van der Waals surface area (Å²) in [6.07, 6.45) is -0.125. The van der Waals surface area contributed by atoms with Gasteiger partial charge in [-0.1, -0.05) is 0 Å². The lowest BCUT2D eigenvalue weighted by Gasteiger charge is -2.24. The van der Waals surface area contributed by atoms with Gasteiger partial charge in [-0.15, -0.1) is 0 Å². The summed E-state index contributed by atoms with van der Waals surface area (Å²) in [6, 6.07) is 0. The third-order valence-electron chi connectivity index (χ3n) is 2.47. The lowest BCUT2D eigenvalue weighted by molar-refractivity contribution is -0.151. The number of rotatable bonds is 5. The maximum atomic E-state index is 11.7. The molecule has 0 aliphatic carbocycles. The lowest BCUT2D eigenvalue weighted by Crippen LogP contribution is -2.40. The van der Waals surface area contributed by atoms with Gasteiger partial charge in [0.2, 0.25) is 11.8 Å². The molecule has 98 valence electrons. The number of carbonyl (C=O) groups excluding carboxylic acids is 2. The van der Waals surface area contributed by atoms with Crippen LogP contribution in [0.5, 0.6) is 0 Å². The second-order valence-electron chi connectivity index (χ2n) is 4.90. The topological polar surface area (TPSA) is 77.9 Å². The average Bonchev–Trinajstić information content (AvgIpc) is 2.16. The zero-order chi connectivity index (χ0) is 13.8. The molecule has 0 aliphatic heterocycles. The zero-order valence-corrected chi connectivity index (χ0v) is 11.0. The number of aliphatic carboxylic acids is 1. The van der Waals surface area contributed by atoms with Crippen molar-refractivity contribution in [2.45, 2.75) is 20.3 Å². The minimum absolute atomic E-state index is 0.0401. The molecule has 0 fully saturated rings. The van der Waals surface area contributed by atoms with Crippen LogP contribution in [0.3, 0.4) is 0 Å². The molecule has 0 bridgehead atoms. The monoisotopic (exact) mass is 244 g/mol. The van der Waals surface area contributed by atoms with Crippen molar-refractivity contribution in [2.75, 3.05) is 27.7 Å². The fraction of sp³-hybridized carbons (Fsp3) is 0.727. The van der Waals surface area contributed by atoms with E-state index in [4.69, 9.17) is 5.11 Å². The van der Waals surface area contributed by atoms with Crippen molar-refractivity contribution in [1.82, 2.24) is 9.80 Å². The fourth-order valence-electron chi connectivity index (χ4n) is 1.02. The smallest absolute Gasteiger partial charge is 0.309 e. The van der Waals surface area contributed by atoms with E-state index in [-0.39, 0.29) is 24.8 Å². The molecule has 0 saturated heterocycles. The van der Waals surface area contributed by atoms with Gasteiger partial charge in [0.05, 0.1) is 12.0 Å². The molecule has 17 heavy (non-hydrogen) atoms. The molecule has 2 amide bonds. The van der Waals surface area contributed by atoms with Crippen LogP contribution in [0, 0.1) is 5.41 Å². The SMILES string of the molecule is CN(C)C(=O)CN(C)C(=O)CC(C)(C)C(=O)O. The van der Waals surface area contributed by atoms with E-state index in [0.717, 1.165) is 0 Å². The van der Waals surface area contributed by atoms with E-state index in [2.05, 4.69) is 0 Å². The highest BCUT2D eigenvalue weighted by Gasteiger charge is 2.31. The number of hydrogen-bond acceptors (Lipinski definition) is 3.